The molecule has 0 radical (unpaired) electrons. The zero-order valence-electron chi connectivity index (χ0n) is 14.4. The molecule has 1 fully saturated rings. The van der Waals surface area contributed by atoms with E-state index in [0.29, 0.717) is 24.3 Å². The Kier molecular flexibility index (Phi) is 5.98. The number of nitrogens with zero attached hydrogens (tertiary/aromatic N) is 3. The predicted molar refractivity (Wildman–Crippen MR) is 93.9 cm³/mol. The number of hydrogen-bond acceptors (Lipinski definition) is 3. The summed E-state index contributed by atoms with van der Waals surface area (Å²) in [5.41, 5.74) is 0.462. The Labute approximate surface area is 155 Å². The summed E-state index contributed by atoms with van der Waals surface area (Å²) >= 11 is 0. The van der Waals surface area contributed by atoms with E-state index < -0.39 is 11.7 Å². The predicted octanol–water partition coefficient (Wildman–Crippen LogP) is 3.06. The summed E-state index contributed by atoms with van der Waals surface area (Å²) in [5, 5.41) is 7.35. The zero-order chi connectivity index (χ0) is 18.2. The van der Waals surface area contributed by atoms with Crippen LogP contribution in [0.3, 0.4) is 0 Å². The second-order valence-corrected chi connectivity index (χ2v) is 6.16. The van der Waals surface area contributed by atoms with E-state index in [0.717, 1.165) is 18.7 Å². The van der Waals surface area contributed by atoms with Gasteiger partial charge in [-0.25, -0.2) is 4.68 Å². The maximum Gasteiger partial charge on any atom is 0.416 e. The average molecular weight is 389 g/mol. The van der Waals surface area contributed by atoms with Crippen LogP contribution in [0.4, 0.5) is 13.2 Å². The number of alkyl halides is 3. The molecule has 0 unspecified atom stereocenters. The van der Waals surface area contributed by atoms with Gasteiger partial charge in [0.25, 0.3) is 5.91 Å². The number of carbonyl (C=O) groups excluding carboxylic acids is 1. The minimum Gasteiger partial charge on any atom is -0.333 e. The lowest BCUT2D eigenvalue weighted by Gasteiger charge is -2.33. The van der Waals surface area contributed by atoms with Gasteiger partial charge >= 0.3 is 6.18 Å². The van der Waals surface area contributed by atoms with Crippen LogP contribution < -0.4 is 5.32 Å². The van der Waals surface area contributed by atoms with Crippen LogP contribution in [-0.2, 0) is 6.18 Å². The molecule has 0 spiro atoms. The first-order chi connectivity index (χ1) is 11.8. The Morgan fingerprint density at radius 2 is 2.08 bits per heavy atom. The fraction of sp³-hybridized carbons (Fsp3) is 0.412. The highest BCUT2D eigenvalue weighted by Gasteiger charge is 2.31. The molecule has 142 valence electrons. The maximum absolute atomic E-state index is 12.9. The molecule has 1 aliphatic rings. The average Bonchev–Trinajstić information content (AvgIpc) is 2.95. The summed E-state index contributed by atoms with van der Waals surface area (Å²) in [5.74, 6) is -0.148. The van der Waals surface area contributed by atoms with Crippen molar-refractivity contribution >= 4 is 18.3 Å². The molecule has 2 heterocycles. The summed E-state index contributed by atoms with van der Waals surface area (Å²) in [4.78, 5) is 14.5. The topological polar surface area (TPSA) is 50.2 Å². The first kappa shape index (κ1) is 20.3. The number of amides is 1. The normalized spacial score (nSPS) is 17.7. The maximum atomic E-state index is 12.9. The summed E-state index contributed by atoms with van der Waals surface area (Å²) in [6.45, 7) is 5.67. The molecule has 26 heavy (non-hydrogen) atoms. The van der Waals surface area contributed by atoms with Crippen molar-refractivity contribution in [3.63, 3.8) is 0 Å². The van der Waals surface area contributed by atoms with Crippen LogP contribution in [0.15, 0.2) is 30.5 Å². The zero-order valence-corrected chi connectivity index (χ0v) is 15.2. The van der Waals surface area contributed by atoms with Crippen molar-refractivity contribution in [1.29, 1.82) is 0 Å². The second kappa shape index (κ2) is 7.67. The smallest absolute Gasteiger partial charge is 0.333 e. The second-order valence-electron chi connectivity index (χ2n) is 6.16. The summed E-state index contributed by atoms with van der Waals surface area (Å²) in [7, 11) is 0. The monoisotopic (exact) mass is 388 g/mol. The molecule has 1 aromatic heterocycles. The molecule has 1 aromatic carbocycles. The van der Waals surface area contributed by atoms with Crippen LogP contribution in [0.25, 0.3) is 5.69 Å². The lowest BCUT2D eigenvalue weighted by molar-refractivity contribution is -0.137. The number of rotatable bonds is 2. The number of carbonyl (C=O) groups is 1. The van der Waals surface area contributed by atoms with E-state index in [1.54, 1.807) is 11.8 Å². The fourth-order valence-electron chi connectivity index (χ4n) is 2.99. The molecule has 1 saturated heterocycles. The van der Waals surface area contributed by atoms with Crippen LogP contribution in [0.1, 0.15) is 28.5 Å². The Hall–Kier alpha value is -2.06. The van der Waals surface area contributed by atoms with Gasteiger partial charge in [0, 0.05) is 25.7 Å². The highest BCUT2D eigenvalue weighted by Crippen LogP contribution is 2.30. The Morgan fingerprint density at radius 1 is 1.35 bits per heavy atom. The number of aromatic nitrogens is 2. The van der Waals surface area contributed by atoms with Crippen LogP contribution in [0.2, 0.25) is 0 Å². The van der Waals surface area contributed by atoms with Gasteiger partial charge in [0.2, 0.25) is 0 Å². The quantitative estimate of drug-likeness (QED) is 0.860. The first-order valence-electron chi connectivity index (χ1n) is 8.03. The van der Waals surface area contributed by atoms with Crippen molar-refractivity contribution in [2.45, 2.75) is 26.1 Å². The Balaban J connectivity index is 0.00000243. The molecule has 0 bridgehead atoms. The Morgan fingerprint density at radius 3 is 2.73 bits per heavy atom. The standard InChI is InChI=1S/C17H19F3N4O.ClH/c1-11-9-21-6-7-23(11)16(25)15-10-22-24(12(15)2)14-5-3-4-13(8-14)17(18,19)20;/h3-5,8,10-11,21H,6-7,9H2,1-2H3;1H/t11-;/m0./s1. The van der Waals surface area contributed by atoms with Crippen molar-refractivity contribution in [2.24, 2.45) is 0 Å². The number of hydrogen-bond donors (Lipinski definition) is 1. The van der Waals surface area contributed by atoms with E-state index in [1.165, 1.54) is 23.0 Å². The summed E-state index contributed by atoms with van der Waals surface area (Å²) < 4.78 is 40.1. The number of piperazine rings is 1. The van der Waals surface area contributed by atoms with Crippen LogP contribution in [0.5, 0.6) is 0 Å². The van der Waals surface area contributed by atoms with E-state index >= 15 is 0 Å². The van der Waals surface area contributed by atoms with Gasteiger partial charge in [0.15, 0.2) is 0 Å². The van der Waals surface area contributed by atoms with Crippen LogP contribution >= 0.6 is 12.4 Å². The molecule has 1 atom stereocenters. The van der Waals surface area contributed by atoms with Gasteiger partial charge in [-0.15, -0.1) is 12.4 Å². The molecule has 5 nitrogen and oxygen atoms in total. The van der Waals surface area contributed by atoms with Crippen LogP contribution in [0, 0.1) is 6.92 Å². The summed E-state index contributed by atoms with van der Waals surface area (Å²) in [6.07, 6.45) is -3.00. The molecule has 1 amide bonds. The molecular weight excluding hydrogens is 369 g/mol. The molecular formula is C17H20ClF3N4O. The van der Waals surface area contributed by atoms with Gasteiger partial charge in [-0.2, -0.15) is 18.3 Å². The molecule has 9 heteroatoms. The molecule has 2 aromatic rings. The molecule has 1 aliphatic heterocycles. The third-order valence-corrected chi connectivity index (χ3v) is 4.42. The first-order valence-corrected chi connectivity index (χ1v) is 8.03. The largest absolute Gasteiger partial charge is 0.416 e. The van der Waals surface area contributed by atoms with Crippen LogP contribution in [-0.4, -0.2) is 46.3 Å². The van der Waals surface area contributed by atoms with Crippen molar-refractivity contribution in [1.82, 2.24) is 20.0 Å². The minimum absolute atomic E-state index is 0. The van der Waals surface area contributed by atoms with Gasteiger partial charge in [-0.05, 0) is 32.0 Å². The fourth-order valence-corrected chi connectivity index (χ4v) is 2.99. The van der Waals surface area contributed by atoms with Gasteiger partial charge in [-0.1, -0.05) is 6.07 Å². The molecule has 0 aliphatic carbocycles. The number of benzene rings is 1. The third kappa shape index (κ3) is 3.86. The number of nitrogens with one attached hydrogen (secondary N) is 1. The van der Waals surface area contributed by atoms with Crippen molar-refractivity contribution in [3.05, 3.63) is 47.3 Å². The van der Waals surface area contributed by atoms with E-state index in [1.807, 2.05) is 6.92 Å². The highest BCUT2D eigenvalue weighted by atomic mass is 35.5. The number of halogens is 4. The third-order valence-electron chi connectivity index (χ3n) is 4.42. The lowest BCUT2D eigenvalue weighted by Crippen LogP contribution is -2.52. The summed E-state index contributed by atoms with van der Waals surface area (Å²) in [6, 6.07) is 4.96. The van der Waals surface area contributed by atoms with E-state index in [-0.39, 0.29) is 30.0 Å². The molecule has 0 saturated carbocycles. The van der Waals surface area contributed by atoms with Gasteiger partial charge < -0.3 is 10.2 Å². The van der Waals surface area contributed by atoms with Crippen molar-refractivity contribution in [2.75, 3.05) is 19.6 Å². The lowest BCUT2D eigenvalue weighted by atomic mass is 10.1. The van der Waals surface area contributed by atoms with Crippen molar-refractivity contribution in [3.8, 4) is 5.69 Å². The van der Waals surface area contributed by atoms with E-state index in [9.17, 15) is 18.0 Å². The van der Waals surface area contributed by atoms with Gasteiger partial charge in [-0.3, -0.25) is 4.79 Å². The SMILES string of the molecule is Cc1c(C(=O)N2CCNC[C@@H]2C)cnn1-c1cccc(C(F)(F)F)c1.Cl. The Bertz CT molecular complexity index is 791. The van der Waals surface area contributed by atoms with Crippen molar-refractivity contribution < 1.29 is 18.0 Å². The molecule has 3 rings (SSSR count). The highest BCUT2D eigenvalue weighted by molar-refractivity contribution is 5.95. The van der Waals surface area contributed by atoms with E-state index in [4.69, 9.17) is 0 Å². The molecule has 1 N–H and O–H groups in total. The van der Waals surface area contributed by atoms with E-state index in [2.05, 4.69) is 10.4 Å². The minimum atomic E-state index is -4.42. The van der Waals surface area contributed by atoms with Gasteiger partial charge in [0.1, 0.15) is 0 Å². The van der Waals surface area contributed by atoms with Gasteiger partial charge in [0.05, 0.1) is 28.7 Å².